The number of hydrogen-bond donors (Lipinski definition) is 1. The fourth-order valence-electron chi connectivity index (χ4n) is 1.88. The summed E-state index contributed by atoms with van der Waals surface area (Å²) in [5.74, 6) is 1.54. The van der Waals surface area contributed by atoms with E-state index in [4.69, 9.17) is 11.6 Å². The summed E-state index contributed by atoms with van der Waals surface area (Å²) >= 11 is 6.06. The highest BCUT2D eigenvalue weighted by Crippen LogP contribution is 2.20. The Bertz CT molecular complexity index is 391. The monoisotopic (exact) mass is 270 g/mol. The molecule has 1 rings (SSSR count). The van der Waals surface area contributed by atoms with Crippen molar-refractivity contribution in [2.24, 2.45) is 0 Å². The maximum atomic E-state index is 6.06. The molecule has 0 aliphatic carbocycles. The second-order valence-electron chi connectivity index (χ2n) is 4.57. The van der Waals surface area contributed by atoms with Gasteiger partial charge in [-0.1, -0.05) is 25.4 Å². The van der Waals surface area contributed by atoms with Crippen molar-refractivity contribution in [3.8, 4) is 0 Å². The summed E-state index contributed by atoms with van der Waals surface area (Å²) in [4.78, 5) is 10.9. The molecule has 1 heterocycles. The van der Waals surface area contributed by atoms with E-state index in [0.717, 1.165) is 31.0 Å². The summed E-state index contributed by atoms with van der Waals surface area (Å²) in [5.41, 5.74) is 0.911. The predicted octanol–water partition coefficient (Wildman–Crippen LogP) is 2.89. The van der Waals surface area contributed by atoms with Crippen molar-refractivity contribution in [2.45, 2.75) is 40.7 Å². The molecule has 0 bridgehead atoms. The fourth-order valence-corrected chi connectivity index (χ4v) is 2.09. The third kappa shape index (κ3) is 4.10. The van der Waals surface area contributed by atoms with E-state index in [1.807, 2.05) is 13.8 Å². The Balaban J connectivity index is 2.72. The first-order valence-electron chi connectivity index (χ1n) is 6.47. The first-order valence-corrected chi connectivity index (χ1v) is 6.85. The summed E-state index contributed by atoms with van der Waals surface area (Å²) in [7, 11) is 0. The predicted molar refractivity (Wildman–Crippen MR) is 77.4 cm³/mol. The van der Waals surface area contributed by atoms with Gasteiger partial charge in [-0.3, -0.25) is 0 Å². The number of hydrogen-bond acceptors (Lipinski definition) is 4. The van der Waals surface area contributed by atoms with Crippen LogP contribution in [0.1, 0.15) is 32.2 Å². The minimum atomic E-state index is 0.328. The zero-order valence-corrected chi connectivity index (χ0v) is 12.7. The Kier molecular flexibility index (Phi) is 5.82. The molecular weight excluding hydrogens is 248 g/mol. The van der Waals surface area contributed by atoms with Crippen LogP contribution < -0.4 is 5.32 Å². The highest BCUT2D eigenvalue weighted by molar-refractivity contribution is 6.30. The van der Waals surface area contributed by atoms with Crippen molar-refractivity contribution in [3.05, 3.63) is 16.5 Å². The van der Waals surface area contributed by atoms with E-state index in [0.29, 0.717) is 17.0 Å². The van der Waals surface area contributed by atoms with Gasteiger partial charge in [-0.05, 0) is 33.9 Å². The van der Waals surface area contributed by atoms with Crippen LogP contribution in [-0.4, -0.2) is 40.5 Å². The van der Waals surface area contributed by atoms with Gasteiger partial charge >= 0.3 is 0 Å². The highest BCUT2D eigenvalue weighted by Gasteiger charge is 2.12. The molecule has 0 amide bonds. The lowest BCUT2D eigenvalue weighted by molar-refractivity contribution is 0.294. The van der Waals surface area contributed by atoms with Crippen LogP contribution in [0.2, 0.25) is 5.15 Å². The molecule has 1 aromatic rings. The molecule has 0 spiro atoms. The molecule has 18 heavy (non-hydrogen) atoms. The van der Waals surface area contributed by atoms with Gasteiger partial charge in [-0.25, -0.2) is 9.97 Å². The quantitative estimate of drug-likeness (QED) is 0.807. The Hall–Kier alpha value is -0.870. The topological polar surface area (TPSA) is 41.0 Å². The number of nitrogens with one attached hydrogen (secondary N) is 1. The summed E-state index contributed by atoms with van der Waals surface area (Å²) in [6.45, 7) is 13.4. The molecule has 0 fully saturated rings. The zero-order chi connectivity index (χ0) is 13.7. The van der Waals surface area contributed by atoms with Crippen molar-refractivity contribution >= 4 is 17.4 Å². The number of likely N-dealkylation sites (N-methyl/N-ethyl adjacent to an activating group) is 1. The smallest absolute Gasteiger partial charge is 0.137 e. The molecular formula is C13H23ClN4. The minimum absolute atomic E-state index is 0.328. The van der Waals surface area contributed by atoms with Gasteiger partial charge in [0, 0.05) is 18.2 Å². The second kappa shape index (κ2) is 6.90. The Labute approximate surface area is 115 Å². The number of aryl methyl sites for hydroxylation is 1. The molecule has 1 N–H and O–H groups in total. The Morgan fingerprint density at radius 1 is 1.22 bits per heavy atom. The first-order chi connectivity index (χ1) is 8.47. The van der Waals surface area contributed by atoms with Gasteiger partial charge in [0.15, 0.2) is 0 Å². The summed E-state index contributed by atoms with van der Waals surface area (Å²) in [6.07, 6.45) is 0. The Morgan fingerprint density at radius 3 is 2.39 bits per heavy atom. The lowest BCUT2D eigenvalue weighted by atomic mass is 10.2. The normalized spacial score (nSPS) is 12.8. The molecule has 0 saturated heterocycles. The number of aromatic nitrogens is 2. The summed E-state index contributed by atoms with van der Waals surface area (Å²) in [5, 5.41) is 3.94. The van der Waals surface area contributed by atoms with E-state index in [9.17, 15) is 0 Å². The lowest BCUT2D eigenvalue weighted by Crippen LogP contribution is -2.35. The van der Waals surface area contributed by atoms with E-state index < -0.39 is 0 Å². The number of nitrogens with zero attached hydrogens (tertiary/aromatic N) is 3. The van der Waals surface area contributed by atoms with Crippen LogP contribution in [0.3, 0.4) is 0 Å². The van der Waals surface area contributed by atoms with Crippen molar-refractivity contribution in [1.29, 1.82) is 0 Å². The van der Waals surface area contributed by atoms with E-state index in [1.165, 1.54) is 0 Å². The van der Waals surface area contributed by atoms with Crippen LogP contribution in [0.15, 0.2) is 0 Å². The molecule has 0 aromatic carbocycles. The number of rotatable bonds is 6. The molecule has 0 saturated carbocycles. The minimum Gasteiger partial charge on any atom is -0.366 e. The molecule has 4 nitrogen and oxygen atoms in total. The largest absolute Gasteiger partial charge is 0.366 e. The van der Waals surface area contributed by atoms with Crippen LogP contribution in [0, 0.1) is 13.8 Å². The Morgan fingerprint density at radius 2 is 1.83 bits per heavy atom. The number of anilines is 1. The van der Waals surface area contributed by atoms with Gasteiger partial charge in [0.25, 0.3) is 0 Å². The van der Waals surface area contributed by atoms with Crippen LogP contribution in [-0.2, 0) is 0 Å². The van der Waals surface area contributed by atoms with E-state index >= 15 is 0 Å². The third-order valence-corrected chi connectivity index (χ3v) is 3.38. The van der Waals surface area contributed by atoms with Crippen molar-refractivity contribution in [3.63, 3.8) is 0 Å². The zero-order valence-electron chi connectivity index (χ0n) is 11.9. The molecule has 1 atom stereocenters. The van der Waals surface area contributed by atoms with Crippen molar-refractivity contribution < 1.29 is 0 Å². The lowest BCUT2D eigenvalue weighted by Gasteiger charge is -2.24. The third-order valence-electron chi connectivity index (χ3n) is 3.01. The molecule has 0 aliphatic rings. The van der Waals surface area contributed by atoms with E-state index in [-0.39, 0.29) is 0 Å². The molecule has 102 valence electrons. The van der Waals surface area contributed by atoms with Crippen LogP contribution >= 0.6 is 11.6 Å². The maximum absolute atomic E-state index is 6.06. The highest BCUT2D eigenvalue weighted by atomic mass is 35.5. The molecule has 5 heteroatoms. The van der Waals surface area contributed by atoms with Gasteiger partial charge in [0.2, 0.25) is 0 Å². The summed E-state index contributed by atoms with van der Waals surface area (Å²) in [6, 6.07) is 0.328. The van der Waals surface area contributed by atoms with E-state index in [1.54, 1.807) is 0 Å². The van der Waals surface area contributed by atoms with Crippen LogP contribution in [0.4, 0.5) is 5.82 Å². The standard InChI is InChI=1S/C13H23ClN4/c1-6-18(7-2)8-9(3)15-13-10(4)12(14)16-11(5)17-13/h9H,6-8H2,1-5H3,(H,15,16,17). The maximum Gasteiger partial charge on any atom is 0.137 e. The molecule has 1 aromatic heterocycles. The van der Waals surface area contributed by atoms with Gasteiger partial charge < -0.3 is 10.2 Å². The molecule has 0 aliphatic heterocycles. The molecule has 1 unspecified atom stereocenters. The average molecular weight is 271 g/mol. The van der Waals surface area contributed by atoms with Crippen molar-refractivity contribution in [1.82, 2.24) is 14.9 Å². The number of halogens is 1. The van der Waals surface area contributed by atoms with Crippen molar-refractivity contribution in [2.75, 3.05) is 25.0 Å². The van der Waals surface area contributed by atoms with Gasteiger partial charge in [0.1, 0.15) is 16.8 Å². The van der Waals surface area contributed by atoms with E-state index in [2.05, 4.69) is 41.0 Å². The van der Waals surface area contributed by atoms with Gasteiger partial charge in [0.05, 0.1) is 0 Å². The van der Waals surface area contributed by atoms with Gasteiger partial charge in [-0.15, -0.1) is 0 Å². The van der Waals surface area contributed by atoms with Gasteiger partial charge in [-0.2, -0.15) is 0 Å². The van der Waals surface area contributed by atoms with Crippen LogP contribution in [0.5, 0.6) is 0 Å². The molecule has 0 radical (unpaired) electrons. The first kappa shape index (κ1) is 15.2. The average Bonchev–Trinajstić information content (AvgIpc) is 2.32. The summed E-state index contributed by atoms with van der Waals surface area (Å²) < 4.78 is 0. The second-order valence-corrected chi connectivity index (χ2v) is 4.92. The van der Waals surface area contributed by atoms with Crippen LogP contribution in [0.25, 0.3) is 0 Å². The SMILES string of the molecule is CCN(CC)CC(C)Nc1nc(C)nc(Cl)c1C. The fraction of sp³-hybridized carbons (Fsp3) is 0.692.